The number of nitrogens with one attached hydrogen (secondary N) is 1. The molecule has 4 fully saturated rings. The summed E-state index contributed by atoms with van der Waals surface area (Å²) < 4.78 is 0. The van der Waals surface area contributed by atoms with Crippen molar-refractivity contribution in [2.75, 3.05) is 12.4 Å². The SMILES string of the molecule is CC(CCl)CCCNC(=O)C12CC3CC(CC(C)(C3)C1)C2. The van der Waals surface area contributed by atoms with Gasteiger partial charge in [0.05, 0.1) is 5.41 Å². The normalized spacial score (nSPS) is 42.0. The first-order valence-electron chi connectivity index (χ1n) is 8.79. The fourth-order valence-corrected chi connectivity index (χ4v) is 6.06. The Morgan fingerprint density at radius 2 is 1.95 bits per heavy atom. The zero-order chi connectivity index (χ0) is 15.1. The molecule has 0 aliphatic heterocycles. The molecule has 0 heterocycles. The third-order valence-electron chi connectivity index (χ3n) is 6.26. The molecule has 1 N–H and O–H groups in total. The average molecular weight is 312 g/mol. The van der Waals surface area contributed by atoms with Gasteiger partial charge in [0, 0.05) is 12.4 Å². The summed E-state index contributed by atoms with van der Waals surface area (Å²) in [5, 5.41) is 3.25. The lowest BCUT2D eigenvalue weighted by atomic mass is 9.44. The molecular weight excluding hydrogens is 282 g/mol. The molecule has 0 aromatic rings. The van der Waals surface area contributed by atoms with Crippen molar-refractivity contribution in [2.24, 2.45) is 28.6 Å². The van der Waals surface area contributed by atoms with Crippen LogP contribution in [-0.4, -0.2) is 18.3 Å². The van der Waals surface area contributed by atoms with E-state index in [1.54, 1.807) is 0 Å². The van der Waals surface area contributed by atoms with Crippen LogP contribution in [0.25, 0.3) is 0 Å². The highest BCUT2D eigenvalue weighted by atomic mass is 35.5. The second-order valence-corrected chi connectivity index (χ2v) is 9.02. The lowest BCUT2D eigenvalue weighted by Gasteiger charge is -2.60. The van der Waals surface area contributed by atoms with Crippen molar-refractivity contribution in [3.63, 3.8) is 0 Å². The number of amides is 1. The van der Waals surface area contributed by atoms with Crippen molar-refractivity contribution >= 4 is 17.5 Å². The van der Waals surface area contributed by atoms with Gasteiger partial charge in [-0.15, -0.1) is 11.6 Å². The van der Waals surface area contributed by atoms with Crippen LogP contribution in [0, 0.1) is 28.6 Å². The minimum absolute atomic E-state index is 0.0169. The average Bonchev–Trinajstić information content (AvgIpc) is 2.40. The number of rotatable bonds is 6. The Balaban J connectivity index is 1.55. The zero-order valence-electron chi connectivity index (χ0n) is 13.6. The van der Waals surface area contributed by atoms with Gasteiger partial charge in [-0.1, -0.05) is 13.8 Å². The van der Waals surface area contributed by atoms with Gasteiger partial charge in [-0.3, -0.25) is 4.79 Å². The number of hydrogen-bond acceptors (Lipinski definition) is 1. The number of carbonyl (C=O) groups excluding carboxylic acids is 1. The second kappa shape index (κ2) is 5.76. The third-order valence-corrected chi connectivity index (χ3v) is 6.78. The van der Waals surface area contributed by atoms with Crippen LogP contribution in [-0.2, 0) is 4.79 Å². The van der Waals surface area contributed by atoms with Gasteiger partial charge in [-0.25, -0.2) is 0 Å². The number of halogens is 1. The van der Waals surface area contributed by atoms with Crippen molar-refractivity contribution in [2.45, 2.75) is 65.2 Å². The molecule has 4 bridgehead atoms. The quantitative estimate of drug-likeness (QED) is 0.573. The molecule has 0 saturated heterocycles. The Bertz CT molecular complexity index is 394. The van der Waals surface area contributed by atoms with Crippen LogP contribution in [0.3, 0.4) is 0 Å². The van der Waals surface area contributed by atoms with E-state index in [1.165, 1.54) is 19.3 Å². The number of alkyl halides is 1. The number of hydrogen-bond donors (Lipinski definition) is 1. The van der Waals surface area contributed by atoms with Crippen LogP contribution < -0.4 is 5.32 Å². The highest BCUT2D eigenvalue weighted by Gasteiger charge is 2.58. The van der Waals surface area contributed by atoms with Crippen molar-refractivity contribution < 1.29 is 4.79 Å². The fraction of sp³-hybridized carbons (Fsp3) is 0.944. The molecular formula is C18H30ClNO. The van der Waals surface area contributed by atoms with E-state index >= 15 is 0 Å². The van der Waals surface area contributed by atoms with E-state index in [0.29, 0.717) is 17.2 Å². The predicted molar refractivity (Wildman–Crippen MR) is 87.3 cm³/mol. The molecule has 0 spiro atoms. The Labute approximate surface area is 134 Å². The van der Waals surface area contributed by atoms with E-state index < -0.39 is 0 Å². The monoisotopic (exact) mass is 311 g/mol. The van der Waals surface area contributed by atoms with Gasteiger partial charge in [0.1, 0.15) is 0 Å². The summed E-state index contributed by atoms with van der Waals surface area (Å²) in [5.41, 5.74) is 0.436. The zero-order valence-corrected chi connectivity index (χ0v) is 14.3. The Hall–Kier alpha value is -0.240. The van der Waals surface area contributed by atoms with Crippen LogP contribution in [0.5, 0.6) is 0 Å². The minimum atomic E-state index is -0.0169. The smallest absolute Gasteiger partial charge is 0.226 e. The molecule has 2 nitrogen and oxygen atoms in total. The molecule has 3 heteroatoms. The summed E-state index contributed by atoms with van der Waals surface area (Å²) in [6.07, 6.45) is 9.73. The van der Waals surface area contributed by atoms with Gasteiger partial charge >= 0.3 is 0 Å². The highest BCUT2D eigenvalue weighted by Crippen LogP contribution is 2.65. The summed E-state index contributed by atoms with van der Waals surface area (Å²) in [6, 6.07) is 0. The predicted octanol–water partition coefficient (Wildman–Crippen LogP) is 4.36. The maximum atomic E-state index is 12.8. The molecule has 120 valence electrons. The lowest BCUT2D eigenvalue weighted by molar-refractivity contribution is -0.155. The van der Waals surface area contributed by atoms with Crippen molar-refractivity contribution in [3.8, 4) is 0 Å². The van der Waals surface area contributed by atoms with Crippen LogP contribution in [0.1, 0.15) is 65.2 Å². The van der Waals surface area contributed by atoms with Gasteiger partial charge in [-0.2, -0.15) is 0 Å². The first-order valence-corrected chi connectivity index (χ1v) is 9.32. The topological polar surface area (TPSA) is 29.1 Å². The van der Waals surface area contributed by atoms with E-state index in [1.807, 2.05) is 0 Å². The van der Waals surface area contributed by atoms with Crippen molar-refractivity contribution in [1.82, 2.24) is 5.32 Å². The Morgan fingerprint density at radius 1 is 1.29 bits per heavy atom. The molecule has 0 radical (unpaired) electrons. The summed E-state index contributed by atoms with van der Waals surface area (Å²) in [5.74, 6) is 3.28. The van der Waals surface area contributed by atoms with E-state index in [-0.39, 0.29) is 5.41 Å². The van der Waals surface area contributed by atoms with Crippen molar-refractivity contribution in [1.29, 1.82) is 0 Å². The molecule has 3 atom stereocenters. The van der Waals surface area contributed by atoms with Crippen molar-refractivity contribution in [3.05, 3.63) is 0 Å². The van der Waals surface area contributed by atoms with E-state index in [9.17, 15) is 4.79 Å². The number of carbonyl (C=O) groups is 1. The summed E-state index contributed by atoms with van der Waals surface area (Å²) in [6.45, 7) is 5.43. The summed E-state index contributed by atoms with van der Waals surface area (Å²) in [7, 11) is 0. The van der Waals surface area contributed by atoms with Gasteiger partial charge in [0.15, 0.2) is 0 Å². The van der Waals surface area contributed by atoms with Gasteiger partial charge < -0.3 is 5.32 Å². The summed E-state index contributed by atoms with van der Waals surface area (Å²) in [4.78, 5) is 12.8. The molecule has 21 heavy (non-hydrogen) atoms. The van der Waals surface area contributed by atoms with E-state index in [4.69, 9.17) is 11.6 Å². The van der Waals surface area contributed by atoms with E-state index in [0.717, 1.165) is 56.4 Å². The van der Waals surface area contributed by atoms with Gasteiger partial charge in [0.25, 0.3) is 0 Å². The van der Waals surface area contributed by atoms with E-state index in [2.05, 4.69) is 19.2 Å². The largest absolute Gasteiger partial charge is 0.356 e. The molecule has 0 aromatic heterocycles. The molecule has 4 rings (SSSR count). The second-order valence-electron chi connectivity index (χ2n) is 8.71. The molecule has 0 aromatic carbocycles. The molecule has 4 aliphatic carbocycles. The lowest BCUT2D eigenvalue weighted by Crippen LogP contribution is -2.56. The minimum Gasteiger partial charge on any atom is -0.356 e. The fourth-order valence-electron chi connectivity index (χ4n) is 5.90. The van der Waals surface area contributed by atoms with Gasteiger partial charge in [-0.05, 0) is 74.5 Å². The summed E-state index contributed by atoms with van der Waals surface area (Å²) >= 11 is 5.83. The highest BCUT2D eigenvalue weighted by molar-refractivity contribution is 6.18. The Morgan fingerprint density at radius 3 is 2.52 bits per heavy atom. The third kappa shape index (κ3) is 3.11. The van der Waals surface area contributed by atoms with Crippen LogP contribution in [0.4, 0.5) is 0 Å². The maximum Gasteiger partial charge on any atom is 0.226 e. The molecule has 4 saturated carbocycles. The maximum absolute atomic E-state index is 12.8. The Kier molecular flexibility index (Phi) is 4.29. The van der Waals surface area contributed by atoms with Gasteiger partial charge in [0.2, 0.25) is 5.91 Å². The first-order chi connectivity index (χ1) is 9.95. The van der Waals surface area contributed by atoms with Crippen LogP contribution in [0.15, 0.2) is 0 Å². The molecule has 3 unspecified atom stereocenters. The van der Waals surface area contributed by atoms with Crippen LogP contribution in [0.2, 0.25) is 0 Å². The standard InChI is InChI=1S/C18H30ClNO/c1-13(11-19)4-3-5-20-16(21)18-9-14-6-15(10-18)8-17(2,7-14)12-18/h13-15H,3-12H2,1-2H3,(H,20,21). The van der Waals surface area contributed by atoms with Crippen LogP contribution >= 0.6 is 11.6 Å². The molecule has 4 aliphatic rings. The first kappa shape index (κ1) is 15.6. The molecule has 1 amide bonds.